The summed E-state index contributed by atoms with van der Waals surface area (Å²) in [5, 5.41) is 13.0. The Hall–Kier alpha value is -2.46. The van der Waals surface area contributed by atoms with Crippen LogP contribution in [0, 0.1) is 17.3 Å². The highest BCUT2D eigenvalue weighted by Gasteiger charge is 2.50. The van der Waals surface area contributed by atoms with E-state index in [1.165, 1.54) is 6.42 Å². The fraction of sp³-hybridized carbons (Fsp3) is 0.391. The average Bonchev–Trinajstić information content (AvgIpc) is 2.73. The second kappa shape index (κ2) is 8.49. The molecule has 1 fully saturated rings. The molecular weight excluding hydrogens is 336 g/mol. The third-order valence-corrected chi connectivity index (χ3v) is 5.97. The van der Waals surface area contributed by atoms with E-state index in [9.17, 15) is 9.90 Å². The zero-order valence-electron chi connectivity index (χ0n) is 16.0. The number of nitrogens with one attached hydrogen (secondary N) is 1. The third kappa shape index (κ3) is 4.45. The Bertz CT molecular complexity index is 771. The predicted octanol–water partition coefficient (Wildman–Crippen LogP) is 4.40. The maximum atomic E-state index is 10.6. The SMILES string of the molecule is CC1(C)C2CC=C(C=O)C1C2.OC(CNc1ccccn1)c1ccccc1. The first-order valence-corrected chi connectivity index (χ1v) is 9.55. The molecule has 3 atom stereocenters. The Balaban J connectivity index is 0.000000166. The van der Waals surface area contributed by atoms with Gasteiger partial charge in [-0.1, -0.05) is 56.3 Å². The first kappa shape index (κ1) is 19.3. The van der Waals surface area contributed by atoms with Crippen LogP contribution in [0.4, 0.5) is 5.82 Å². The average molecular weight is 364 g/mol. The second-order valence-electron chi connectivity index (χ2n) is 7.89. The van der Waals surface area contributed by atoms with Crippen molar-refractivity contribution >= 4 is 12.1 Å². The molecule has 1 aromatic heterocycles. The lowest BCUT2D eigenvalue weighted by Gasteiger charge is -2.55. The highest BCUT2D eigenvalue weighted by Crippen LogP contribution is 2.58. The number of aliphatic hydroxyl groups is 1. The van der Waals surface area contributed by atoms with E-state index in [-0.39, 0.29) is 0 Å². The summed E-state index contributed by atoms with van der Waals surface area (Å²) in [6, 6.07) is 15.2. The minimum absolute atomic E-state index is 0.408. The standard InChI is InChI=1S/C13H14N2O.C10H14O/c16-12(11-6-2-1-3-7-11)10-15-13-8-4-5-9-14-13;1-10(2)8-4-3-7(6-11)9(10)5-8/h1-9,12,16H,10H2,(H,14,15);3,6,8-9H,4-5H2,1-2H3. The number of carbonyl (C=O) groups excluding carboxylic acids is 1. The van der Waals surface area contributed by atoms with E-state index in [1.54, 1.807) is 6.20 Å². The predicted molar refractivity (Wildman–Crippen MR) is 108 cm³/mol. The topological polar surface area (TPSA) is 62.2 Å². The van der Waals surface area contributed by atoms with E-state index in [0.717, 1.165) is 35.6 Å². The normalized spacial score (nSPS) is 23.0. The molecule has 1 saturated carbocycles. The van der Waals surface area contributed by atoms with Gasteiger partial charge in [0.1, 0.15) is 12.1 Å². The third-order valence-electron chi connectivity index (χ3n) is 5.97. The number of rotatable bonds is 5. The number of anilines is 1. The molecule has 3 unspecified atom stereocenters. The summed E-state index contributed by atoms with van der Waals surface area (Å²) in [6.45, 7) is 5.02. The van der Waals surface area contributed by atoms with Gasteiger partial charge in [-0.3, -0.25) is 4.79 Å². The van der Waals surface area contributed by atoms with Gasteiger partial charge in [-0.15, -0.1) is 0 Å². The molecule has 0 saturated heterocycles. The largest absolute Gasteiger partial charge is 0.387 e. The van der Waals surface area contributed by atoms with Gasteiger partial charge < -0.3 is 10.4 Å². The summed E-state index contributed by atoms with van der Waals surface area (Å²) in [5.41, 5.74) is 2.37. The van der Waals surface area contributed by atoms with Gasteiger partial charge in [0.25, 0.3) is 0 Å². The summed E-state index contributed by atoms with van der Waals surface area (Å²) in [5.74, 6) is 2.19. The maximum Gasteiger partial charge on any atom is 0.146 e. The van der Waals surface area contributed by atoms with Crippen molar-refractivity contribution in [3.63, 3.8) is 0 Å². The molecule has 4 heteroatoms. The number of benzene rings is 1. The van der Waals surface area contributed by atoms with Gasteiger partial charge in [0.15, 0.2) is 0 Å². The number of aldehydes is 1. The molecule has 1 aromatic carbocycles. The van der Waals surface area contributed by atoms with Crippen molar-refractivity contribution in [2.45, 2.75) is 32.8 Å². The zero-order chi connectivity index (χ0) is 19.3. The van der Waals surface area contributed by atoms with Crippen LogP contribution in [0.25, 0.3) is 0 Å². The molecule has 0 spiro atoms. The molecule has 0 radical (unpaired) electrons. The fourth-order valence-electron chi connectivity index (χ4n) is 3.99. The van der Waals surface area contributed by atoms with Crippen molar-refractivity contribution in [3.05, 3.63) is 71.9 Å². The minimum Gasteiger partial charge on any atom is -0.387 e. The molecule has 2 bridgehead atoms. The lowest BCUT2D eigenvalue weighted by molar-refractivity contribution is -0.108. The van der Waals surface area contributed by atoms with Crippen LogP contribution in [0.3, 0.4) is 0 Å². The van der Waals surface area contributed by atoms with Gasteiger partial charge in [0, 0.05) is 12.7 Å². The van der Waals surface area contributed by atoms with Gasteiger partial charge in [-0.2, -0.15) is 0 Å². The van der Waals surface area contributed by atoms with Crippen LogP contribution in [0.15, 0.2) is 66.4 Å². The van der Waals surface area contributed by atoms with Crippen molar-refractivity contribution in [2.75, 3.05) is 11.9 Å². The number of aliphatic hydroxyl groups excluding tert-OH is 1. The fourth-order valence-corrected chi connectivity index (χ4v) is 3.99. The van der Waals surface area contributed by atoms with E-state index in [4.69, 9.17) is 0 Å². The number of carbonyl (C=O) groups is 1. The number of allylic oxidation sites excluding steroid dienone is 2. The Morgan fingerprint density at radius 3 is 2.52 bits per heavy atom. The van der Waals surface area contributed by atoms with Crippen LogP contribution >= 0.6 is 0 Å². The second-order valence-corrected chi connectivity index (χ2v) is 7.89. The van der Waals surface area contributed by atoms with E-state index >= 15 is 0 Å². The van der Waals surface area contributed by atoms with Crippen molar-refractivity contribution < 1.29 is 9.90 Å². The lowest BCUT2D eigenvalue weighted by Crippen LogP contribution is -2.48. The van der Waals surface area contributed by atoms with Crippen LogP contribution < -0.4 is 5.32 Å². The van der Waals surface area contributed by atoms with Crippen molar-refractivity contribution in [2.24, 2.45) is 17.3 Å². The number of hydrogen-bond acceptors (Lipinski definition) is 4. The number of pyridine rings is 1. The molecule has 0 amide bonds. The highest BCUT2D eigenvalue weighted by molar-refractivity contribution is 5.75. The van der Waals surface area contributed by atoms with Crippen molar-refractivity contribution in [1.82, 2.24) is 4.98 Å². The number of fused-ring (bicyclic) bond motifs is 1. The number of aromatic nitrogens is 1. The number of nitrogens with zero attached hydrogens (tertiary/aromatic N) is 1. The number of hydrogen-bond donors (Lipinski definition) is 2. The van der Waals surface area contributed by atoms with E-state index in [2.05, 4.69) is 30.2 Å². The monoisotopic (exact) mass is 364 g/mol. The van der Waals surface area contributed by atoms with E-state index < -0.39 is 6.10 Å². The first-order valence-electron chi connectivity index (χ1n) is 9.55. The summed E-state index contributed by atoms with van der Waals surface area (Å²) < 4.78 is 0. The van der Waals surface area contributed by atoms with Crippen LogP contribution in [0.1, 0.15) is 38.4 Å². The summed E-state index contributed by atoms with van der Waals surface area (Å²) in [4.78, 5) is 14.7. The molecule has 1 heterocycles. The van der Waals surface area contributed by atoms with Crippen LogP contribution in [-0.4, -0.2) is 22.9 Å². The molecule has 142 valence electrons. The van der Waals surface area contributed by atoms with Gasteiger partial charge in [-0.05, 0) is 53.4 Å². The molecule has 0 aliphatic heterocycles. The Kier molecular flexibility index (Phi) is 6.07. The Morgan fingerprint density at radius 1 is 1.22 bits per heavy atom. The molecule has 4 nitrogen and oxygen atoms in total. The van der Waals surface area contributed by atoms with E-state index in [1.807, 2.05) is 48.5 Å². The highest BCUT2D eigenvalue weighted by atomic mass is 16.3. The molecule has 3 aliphatic rings. The van der Waals surface area contributed by atoms with Crippen molar-refractivity contribution in [1.29, 1.82) is 0 Å². The summed E-state index contributed by atoms with van der Waals surface area (Å²) in [7, 11) is 0. The van der Waals surface area contributed by atoms with Gasteiger partial charge in [0.2, 0.25) is 0 Å². The summed E-state index contributed by atoms with van der Waals surface area (Å²) >= 11 is 0. The van der Waals surface area contributed by atoms with Crippen LogP contribution in [-0.2, 0) is 4.79 Å². The van der Waals surface area contributed by atoms with Crippen molar-refractivity contribution in [3.8, 4) is 0 Å². The lowest BCUT2D eigenvalue weighted by atomic mass is 9.49. The first-order chi connectivity index (χ1) is 13.0. The van der Waals surface area contributed by atoms with Crippen LogP contribution in [0.5, 0.6) is 0 Å². The molecular formula is C23H28N2O2. The molecule has 3 aliphatic carbocycles. The molecule has 27 heavy (non-hydrogen) atoms. The van der Waals surface area contributed by atoms with E-state index in [0.29, 0.717) is 17.9 Å². The maximum absolute atomic E-state index is 10.6. The van der Waals surface area contributed by atoms with Gasteiger partial charge >= 0.3 is 0 Å². The summed E-state index contributed by atoms with van der Waals surface area (Å²) in [6.07, 6.45) is 6.74. The quantitative estimate of drug-likeness (QED) is 0.772. The molecule has 2 aromatic rings. The van der Waals surface area contributed by atoms with Gasteiger partial charge in [-0.25, -0.2) is 4.98 Å². The molecule has 5 rings (SSSR count). The van der Waals surface area contributed by atoms with Crippen LogP contribution in [0.2, 0.25) is 0 Å². The zero-order valence-corrected chi connectivity index (χ0v) is 16.0. The van der Waals surface area contributed by atoms with Gasteiger partial charge in [0.05, 0.1) is 6.10 Å². The molecule has 2 N–H and O–H groups in total. The smallest absolute Gasteiger partial charge is 0.146 e. The Morgan fingerprint density at radius 2 is 1.96 bits per heavy atom. The Labute approximate surface area is 161 Å². The minimum atomic E-state index is -0.511.